The second-order valence-corrected chi connectivity index (χ2v) is 8.09. The van der Waals surface area contributed by atoms with Crippen LogP contribution in [-0.4, -0.2) is 25.0 Å². The Morgan fingerprint density at radius 3 is 2.88 bits per heavy atom. The van der Waals surface area contributed by atoms with Gasteiger partial charge >= 0.3 is 0 Å². The number of aromatic nitrogens is 2. The second kappa shape index (κ2) is 6.53. The average Bonchev–Trinajstić information content (AvgIpc) is 3.25. The first-order chi connectivity index (χ1) is 12.4. The molecule has 2 aromatic carbocycles. The van der Waals surface area contributed by atoms with Crippen molar-refractivity contribution >= 4 is 38.3 Å². The molecule has 2 N–H and O–H groups in total. The van der Waals surface area contributed by atoms with Gasteiger partial charge in [-0.1, -0.05) is 11.6 Å². The quantitative estimate of drug-likeness (QED) is 0.699. The SMILES string of the molecule is O=S(=O)(Nc1ccc2nc(C3CCCO3)[nH]c2c1)c1cc(F)ccc1Cl. The van der Waals surface area contributed by atoms with Gasteiger partial charge in [-0.25, -0.2) is 17.8 Å². The number of benzene rings is 2. The highest BCUT2D eigenvalue weighted by Crippen LogP contribution is 2.30. The van der Waals surface area contributed by atoms with Crippen molar-refractivity contribution in [3.05, 3.63) is 53.1 Å². The normalized spacial score (nSPS) is 17.7. The molecular formula is C17H15ClFN3O3S. The summed E-state index contributed by atoms with van der Waals surface area (Å²) in [6.07, 6.45) is 1.83. The van der Waals surface area contributed by atoms with Crippen molar-refractivity contribution in [1.82, 2.24) is 9.97 Å². The third kappa shape index (κ3) is 3.27. The number of hydrogen-bond donors (Lipinski definition) is 2. The number of H-pyrrole nitrogens is 1. The van der Waals surface area contributed by atoms with E-state index >= 15 is 0 Å². The molecule has 1 aromatic heterocycles. The van der Waals surface area contributed by atoms with Crippen LogP contribution < -0.4 is 4.72 Å². The highest BCUT2D eigenvalue weighted by atomic mass is 35.5. The van der Waals surface area contributed by atoms with Crippen molar-refractivity contribution in [3.63, 3.8) is 0 Å². The van der Waals surface area contributed by atoms with Gasteiger partial charge in [0, 0.05) is 6.61 Å². The molecule has 1 fully saturated rings. The van der Waals surface area contributed by atoms with Crippen LogP contribution in [0, 0.1) is 5.82 Å². The number of imidazole rings is 1. The number of anilines is 1. The minimum Gasteiger partial charge on any atom is -0.370 e. The number of fused-ring (bicyclic) bond motifs is 1. The van der Waals surface area contributed by atoms with Crippen molar-refractivity contribution in [3.8, 4) is 0 Å². The summed E-state index contributed by atoms with van der Waals surface area (Å²) >= 11 is 5.90. The molecule has 1 saturated heterocycles. The Hall–Kier alpha value is -2.16. The zero-order chi connectivity index (χ0) is 18.3. The molecular weight excluding hydrogens is 381 g/mol. The zero-order valence-corrected chi connectivity index (χ0v) is 15.1. The fraction of sp³-hybridized carbons (Fsp3) is 0.235. The minimum atomic E-state index is -4.02. The number of nitrogens with zero attached hydrogens (tertiary/aromatic N) is 1. The molecule has 0 spiro atoms. The van der Waals surface area contributed by atoms with Gasteiger partial charge in [-0.15, -0.1) is 0 Å². The molecule has 26 heavy (non-hydrogen) atoms. The van der Waals surface area contributed by atoms with Crippen LogP contribution in [-0.2, 0) is 14.8 Å². The molecule has 4 rings (SSSR count). The van der Waals surface area contributed by atoms with Crippen LogP contribution in [0.4, 0.5) is 10.1 Å². The molecule has 1 aliphatic rings. The standard InChI is InChI=1S/C17H15ClFN3O3S/c18-12-5-3-10(19)8-16(12)26(23,24)22-11-4-6-13-14(9-11)21-17(20-13)15-2-1-7-25-15/h3-6,8-9,15,22H,1-2,7H2,(H,20,21). The topological polar surface area (TPSA) is 84.1 Å². The molecule has 1 atom stereocenters. The van der Waals surface area contributed by atoms with Crippen LogP contribution in [0.15, 0.2) is 41.3 Å². The van der Waals surface area contributed by atoms with Crippen LogP contribution in [0.2, 0.25) is 5.02 Å². The van der Waals surface area contributed by atoms with E-state index in [0.29, 0.717) is 23.3 Å². The van der Waals surface area contributed by atoms with Gasteiger partial charge in [0.25, 0.3) is 10.0 Å². The predicted molar refractivity (Wildman–Crippen MR) is 96.2 cm³/mol. The number of sulfonamides is 1. The number of nitrogens with one attached hydrogen (secondary N) is 2. The lowest BCUT2D eigenvalue weighted by Crippen LogP contribution is -2.13. The number of ether oxygens (including phenoxy) is 1. The van der Waals surface area contributed by atoms with Crippen LogP contribution in [0.3, 0.4) is 0 Å². The lowest BCUT2D eigenvalue weighted by Gasteiger charge is -2.09. The maximum Gasteiger partial charge on any atom is 0.263 e. The second-order valence-electron chi connectivity index (χ2n) is 6.04. The van der Waals surface area contributed by atoms with E-state index in [4.69, 9.17) is 16.3 Å². The van der Waals surface area contributed by atoms with Crippen LogP contribution in [0.1, 0.15) is 24.8 Å². The number of aromatic amines is 1. The third-order valence-corrected chi connectivity index (χ3v) is 6.03. The van der Waals surface area contributed by atoms with Crippen molar-refractivity contribution in [2.75, 3.05) is 11.3 Å². The highest BCUT2D eigenvalue weighted by Gasteiger charge is 2.22. The Kier molecular flexibility index (Phi) is 4.34. The predicted octanol–water partition coefficient (Wildman–Crippen LogP) is 4.01. The summed E-state index contributed by atoms with van der Waals surface area (Å²) < 4.78 is 46.5. The molecule has 6 nitrogen and oxygen atoms in total. The largest absolute Gasteiger partial charge is 0.370 e. The van der Waals surface area contributed by atoms with Gasteiger partial charge in [0.1, 0.15) is 22.6 Å². The first-order valence-corrected chi connectivity index (χ1v) is 9.88. The minimum absolute atomic E-state index is 0.0535. The van der Waals surface area contributed by atoms with E-state index < -0.39 is 15.8 Å². The van der Waals surface area contributed by atoms with Gasteiger partial charge in [-0.3, -0.25) is 4.72 Å². The lowest BCUT2D eigenvalue weighted by atomic mass is 10.2. The van der Waals surface area contributed by atoms with Crippen molar-refractivity contribution < 1.29 is 17.5 Å². The third-order valence-electron chi connectivity index (χ3n) is 4.17. The molecule has 3 aromatic rings. The van der Waals surface area contributed by atoms with Gasteiger partial charge in [0.15, 0.2) is 0 Å². The molecule has 1 aliphatic heterocycles. The van der Waals surface area contributed by atoms with Crippen LogP contribution >= 0.6 is 11.6 Å². The smallest absolute Gasteiger partial charge is 0.263 e. The summed E-state index contributed by atoms with van der Waals surface area (Å²) in [5.74, 6) is 0.0469. The Balaban J connectivity index is 1.65. The number of hydrogen-bond acceptors (Lipinski definition) is 4. The molecule has 0 bridgehead atoms. The Labute approximate surface area is 154 Å². The molecule has 0 amide bonds. The van der Waals surface area contributed by atoms with Crippen molar-refractivity contribution in [2.24, 2.45) is 0 Å². The number of rotatable bonds is 4. The van der Waals surface area contributed by atoms with Crippen molar-refractivity contribution in [1.29, 1.82) is 0 Å². The maximum atomic E-state index is 13.4. The molecule has 2 heterocycles. The van der Waals surface area contributed by atoms with E-state index in [9.17, 15) is 12.8 Å². The van der Waals surface area contributed by atoms with E-state index in [1.807, 2.05) is 0 Å². The summed E-state index contributed by atoms with van der Waals surface area (Å²) in [6.45, 7) is 0.709. The lowest BCUT2D eigenvalue weighted by molar-refractivity contribution is 0.106. The van der Waals surface area contributed by atoms with E-state index in [1.54, 1.807) is 18.2 Å². The van der Waals surface area contributed by atoms with E-state index in [2.05, 4.69) is 14.7 Å². The van der Waals surface area contributed by atoms with Gasteiger partial charge < -0.3 is 9.72 Å². The van der Waals surface area contributed by atoms with Gasteiger partial charge in [-0.2, -0.15) is 0 Å². The van der Waals surface area contributed by atoms with E-state index in [-0.39, 0.29) is 16.0 Å². The molecule has 9 heteroatoms. The molecule has 0 aliphatic carbocycles. The maximum absolute atomic E-state index is 13.4. The Morgan fingerprint density at radius 1 is 1.27 bits per heavy atom. The summed E-state index contributed by atoms with van der Waals surface area (Å²) in [5, 5.41) is -0.0535. The fourth-order valence-electron chi connectivity index (χ4n) is 2.93. The summed E-state index contributed by atoms with van der Waals surface area (Å²) in [6, 6.07) is 8.12. The Morgan fingerprint density at radius 2 is 2.12 bits per heavy atom. The average molecular weight is 396 g/mol. The fourth-order valence-corrected chi connectivity index (χ4v) is 4.49. The van der Waals surface area contributed by atoms with Gasteiger partial charge in [0.2, 0.25) is 0 Å². The summed E-state index contributed by atoms with van der Waals surface area (Å²) in [5.41, 5.74) is 1.71. The van der Waals surface area contributed by atoms with Gasteiger partial charge in [0.05, 0.1) is 21.7 Å². The van der Waals surface area contributed by atoms with E-state index in [0.717, 1.165) is 30.8 Å². The van der Waals surface area contributed by atoms with E-state index in [1.165, 1.54) is 6.07 Å². The van der Waals surface area contributed by atoms with Crippen molar-refractivity contribution in [2.45, 2.75) is 23.8 Å². The first-order valence-electron chi connectivity index (χ1n) is 8.01. The first kappa shape index (κ1) is 17.3. The van der Waals surface area contributed by atoms with Gasteiger partial charge in [-0.05, 0) is 49.2 Å². The molecule has 0 saturated carbocycles. The highest BCUT2D eigenvalue weighted by molar-refractivity contribution is 7.92. The Bertz CT molecular complexity index is 1080. The zero-order valence-electron chi connectivity index (χ0n) is 13.5. The van der Waals surface area contributed by atoms with Crippen LogP contribution in [0.25, 0.3) is 11.0 Å². The monoisotopic (exact) mass is 395 g/mol. The molecule has 1 unspecified atom stereocenters. The molecule has 0 radical (unpaired) electrons. The number of halogens is 2. The summed E-state index contributed by atoms with van der Waals surface area (Å²) in [7, 11) is -4.02. The van der Waals surface area contributed by atoms with Crippen LogP contribution in [0.5, 0.6) is 0 Å². The summed E-state index contributed by atoms with van der Waals surface area (Å²) in [4.78, 5) is 7.34. The molecule has 136 valence electrons.